The second-order valence-electron chi connectivity index (χ2n) is 3.64. The molecule has 0 spiro atoms. The summed E-state index contributed by atoms with van der Waals surface area (Å²) in [6.07, 6.45) is 2.68. The summed E-state index contributed by atoms with van der Waals surface area (Å²) in [5.74, 6) is -0.0242. The van der Waals surface area contributed by atoms with E-state index in [1.165, 1.54) is 12.4 Å². The van der Waals surface area contributed by atoms with Crippen molar-refractivity contribution in [2.45, 2.75) is 6.54 Å². The zero-order valence-electron chi connectivity index (χ0n) is 9.43. The van der Waals surface area contributed by atoms with Crippen LogP contribution in [0.5, 0.6) is 0 Å². The monoisotopic (exact) mass is 262 g/mol. The van der Waals surface area contributed by atoms with E-state index in [4.69, 9.17) is 17.3 Å². The lowest BCUT2D eigenvalue weighted by Crippen LogP contribution is -2.24. The smallest absolute Gasteiger partial charge is 0.271 e. The van der Waals surface area contributed by atoms with Crippen LogP contribution in [0.3, 0.4) is 0 Å². The van der Waals surface area contributed by atoms with Crippen molar-refractivity contribution in [1.29, 1.82) is 0 Å². The molecule has 0 saturated heterocycles. The van der Waals surface area contributed by atoms with E-state index < -0.39 is 0 Å². The molecule has 0 atom stereocenters. The summed E-state index contributed by atoms with van der Waals surface area (Å²) in [4.78, 5) is 19.4. The van der Waals surface area contributed by atoms with Gasteiger partial charge in [0.2, 0.25) is 0 Å². The van der Waals surface area contributed by atoms with Crippen LogP contribution in [0.15, 0.2) is 36.7 Å². The van der Waals surface area contributed by atoms with Crippen LogP contribution in [0.1, 0.15) is 16.1 Å². The summed E-state index contributed by atoms with van der Waals surface area (Å²) in [5, 5.41) is 3.35. The highest BCUT2D eigenvalue weighted by atomic mass is 35.5. The van der Waals surface area contributed by atoms with Gasteiger partial charge in [-0.25, -0.2) is 9.97 Å². The number of anilines is 1. The third-order valence-electron chi connectivity index (χ3n) is 2.25. The molecule has 6 heteroatoms. The van der Waals surface area contributed by atoms with E-state index in [2.05, 4.69) is 15.3 Å². The number of nitrogens with two attached hydrogens (primary N) is 1. The maximum absolute atomic E-state index is 11.7. The summed E-state index contributed by atoms with van der Waals surface area (Å²) < 4.78 is 0. The van der Waals surface area contributed by atoms with Crippen LogP contribution in [0.25, 0.3) is 0 Å². The topological polar surface area (TPSA) is 80.9 Å². The molecule has 0 aliphatic heterocycles. The average Bonchev–Trinajstić information content (AvgIpc) is 2.37. The first kappa shape index (κ1) is 12.3. The highest BCUT2D eigenvalue weighted by molar-refractivity contribution is 6.30. The predicted molar refractivity (Wildman–Crippen MR) is 69.1 cm³/mol. The third kappa shape index (κ3) is 3.18. The molecule has 0 radical (unpaired) electrons. The fraction of sp³-hybridized carbons (Fsp3) is 0.0833. The van der Waals surface area contributed by atoms with Gasteiger partial charge in [0.25, 0.3) is 5.91 Å². The fourth-order valence-electron chi connectivity index (χ4n) is 1.38. The number of benzene rings is 1. The highest BCUT2D eigenvalue weighted by Crippen LogP contribution is 2.10. The second-order valence-corrected chi connectivity index (χ2v) is 4.08. The number of halogens is 1. The van der Waals surface area contributed by atoms with Gasteiger partial charge in [0, 0.05) is 11.6 Å². The molecular weight excluding hydrogens is 252 g/mol. The number of amides is 1. The van der Waals surface area contributed by atoms with E-state index in [1.54, 1.807) is 12.1 Å². The molecule has 2 aromatic rings. The van der Waals surface area contributed by atoms with E-state index in [0.29, 0.717) is 11.6 Å². The second kappa shape index (κ2) is 5.46. The van der Waals surface area contributed by atoms with E-state index in [-0.39, 0.29) is 17.4 Å². The minimum Gasteiger partial charge on any atom is -0.382 e. The zero-order chi connectivity index (χ0) is 13.0. The van der Waals surface area contributed by atoms with Gasteiger partial charge in [-0.3, -0.25) is 4.79 Å². The predicted octanol–water partition coefficient (Wildman–Crippen LogP) is 1.64. The number of rotatable bonds is 3. The first-order valence-electron chi connectivity index (χ1n) is 5.25. The van der Waals surface area contributed by atoms with Crippen LogP contribution in [-0.4, -0.2) is 15.9 Å². The summed E-state index contributed by atoms with van der Waals surface area (Å²) in [6.45, 7) is 0.380. The number of aromatic nitrogens is 2. The summed E-state index contributed by atoms with van der Waals surface area (Å²) in [5.41, 5.74) is 6.53. The SMILES string of the molecule is Nc1cnc(C(=O)NCc2cccc(Cl)c2)cn1. The van der Waals surface area contributed by atoms with E-state index in [1.807, 2.05) is 12.1 Å². The van der Waals surface area contributed by atoms with Crippen molar-refractivity contribution in [3.63, 3.8) is 0 Å². The Morgan fingerprint density at radius 3 is 2.83 bits per heavy atom. The maximum Gasteiger partial charge on any atom is 0.271 e. The molecule has 2 rings (SSSR count). The summed E-state index contributed by atoms with van der Waals surface area (Å²) >= 11 is 5.85. The highest BCUT2D eigenvalue weighted by Gasteiger charge is 2.07. The van der Waals surface area contributed by atoms with Gasteiger partial charge in [0.05, 0.1) is 12.4 Å². The molecule has 0 aliphatic carbocycles. The molecular formula is C12H11ClN4O. The summed E-state index contributed by atoms with van der Waals surface area (Å²) in [7, 11) is 0. The average molecular weight is 263 g/mol. The van der Waals surface area contributed by atoms with Crippen LogP contribution in [0.2, 0.25) is 5.02 Å². The number of hydrogen-bond acceptors (Lipinski definition) is 4. The number of carbonyl (C=O) groups is 1. The molecule has 5 nitrogen and oxygen atoms in total. The Balaban J connectivity index is 1.98. The molecule has 1 aromatic carbocycles. The molecule has 0 fully saturated rings. The lowest BCUT2D eigenvalue weighted by atomic mass is 10.2. The molecule has 18 heavy (non-hydrogen) atoms. The van der Waals surface area contributed by atoms with Crippen LogP contribution >= 0.6 is 11.6 Å². The van der Waals surface area contributed by atoms with Gasteiger partial charge in [-0.15, -0.1) is 0 Å². The number of nitrogens with one attached hydrogen (secondary N) is 1. The Morgan fingerprint density at radius 1 is 1.33 bits per heavy atom. The van der Waals surface area contributed by atoms with Crippen LogP contribution in [-0.2, 0) is 6.54 Å². The maximum atomic E-state index is 11.7. The largest absolute Gasteiger partial charge is 0.382 e. The number of nitrogens with zero attached hydrogens (tertiary/aromatic N) is 2. The molecule has 3 N–H and O–H groups in total. The Morgan fingerprint density at radius 2 is 2.17 bits per heavy atom. The zero-order valence-corrected chi connectivity index (χ0v) is 10.2. The van der Waals surface area contributed by atoms with Gasteiger partial charge in [0.15, 0.2) is 0 Å². The quantitative estimate of drug-likeness (QED) is 0.881. The normalized spacial score (nSPS) is 10.1. The van der Waals surface area contributed by atoms with Crippen molar-refractivity contribution in [2.75, 3.05) is 5.73 Å². The van der Waals surface area contributed by atoms with E-state index in [9.17, 15) is 4.79 Å². The van der Waals surface area contributed by atoms with Crippen molar-refractivity contribution in [3.05, 3.63) is 52.9 Å². The molecule has 0 aliphatic rings. The van der Waals surface area contributed by atoms with Gasteiger partial charge < -0.3 is 11.1 Å². The fourth-order valence-corrected chi connectivity index (χ4v) is 1.59. The molecule has 1 heterocycles. The van der Waals surface area contributed by atoms with Gasteiger partial charge in [-0.2, -0.15) is 0 Å². The number of nitrogen functional groups attached to an aromatic ring is 1. The van der Waals surface area contributed by atoms with Crippen LogP contribution in [0, 0.1) is 0 Å². The third-order valence-corrected chi connectivity index (χ3v) is 2.48. The summed E-state index contributed by atoms with van der Waals surface area (Å²) in [6, 6.07) is 7.27. The Kier molecular flexibility index (Phi) is 3.74. The van der Waals surface area contributed by atoms with Gasteiger partial charge in [0.1, 0.15) is 11.5 Å². The molecule has 0 bridgehead atoms. The standard InChI is InChI=1S/C12H11ClN4O/c13-9-3-1-2-8(4-9)5-17-12(18)10-6-16-11(14)7-15-10/h1-4,6-7H,5H2,(H2,14,16)(H,17,18). The van der Waals surface area contributed by atoms with Gasteiger partial charge in [-0.1, -0.05) is 23.7 Å². The number of hydrogen-bond donors (Lipinski definition) is 2. The molecule has 0 unspecified atom stereocenters. The van der Waals surface area contributed by atoms with Crippen molar-refractivity contribution >= 4 is 23.3 Å². The Labute approximate surface area is 109 Å². The van der Waals surface area contributed by atoms with Crippen molar-refractivity contribution < 1.29 is 4.79 Å². The van der Waals surface area contributed by atoms with Crippen LogP contribution in [0.4, 0.5) is 5.82 Å². The van der Waals surface area contributed by atoms with Crippen molar-refractivity contribution in [3.8, 4) is 0 Å². The Bertz CT molecular complexity index is 556. The van der Waals surface area contributed by atoms with Crippen molar-refractivity contribution in [2.24, 2.45) is 0 Å². The minimum atomic E-state index is -0.303. The first-order valence-corrected chi connectivity index (χ1v) is 5.63. The molecule has 1 aromatic heterocycles. The van der Waals surface area contributed by atoms with Gasteiger partial charge in [-0.05, 0) is 17.7 Å². The molecule has 92 valence electrons. The van der Waals surface area contributed by atoms with Gasteiger partial charge >= 0.3 is 0 Å². The lowest BCUT2D eigenvalue weighted by Gasteiger charge is -2.05. The number of carbonyl (C=O) groups excluding carboxylic acids is 1. The van der Waals surface area contributed by atoms with E-state index in [0.717, 1.165) is 5.56 Å². The van der Waals surface area contributed by atoms with Crippen molar-refractivity contribution in [1.82, 2.24) is 15.3 Å². The van der Waals surface area contributed by atoms with E-state index >= 15 is 0 Å². The lowest BCUT2D eigenvalue weighted by molar-refractivity contribution is 0.0945. The van der Waals surface area contributed by atoms with Crippen LogP contribution < -0.4 is 11.1 Å². The molecule has 0 saturated carbocycles. The molecule has 1 amide bonds. The minimum absolute atomic E-state index is 0.228. The first-order chi connectivity index (χ1) is 8.65. The Hall–Kier alpha value is -2.14.